The van der Waals surface area contributed by atoms with Gasteiger partial charge in [0.2, 0.25) is 0 Å². The van der Waals surface area contributed by atoms with Crippen LogP contribution >= 0.6 is 23.2 Å². The number of hydrogen-bond donors (Lipinski definition) is 1. The monoisotopic (exact) mass is 291 g/mol. The smallest absolute Gasteiger partial charge is 0.0465 e. The molecule has 0 saturated heterocycles. The molecule has 0 atom stereocenters. The van der Waals surface area contributed by atoms with Crippen LogP contribution in [0.4, 0.5) is 0 Å². The van der Waals surface area contributed by atoms with Gasteiger partial charge in [0.15, 0.2) is 0 Å². The summed E-state index contributed by atoms with van der Waals surface area (Å²) in [7, 11) is 0. The molecule has 0 spiro atoms. The Bertz CT molecular complexity index is 550. The van der Waals surface area contributed by atoms with Crippen molar-refractivity contribution in [2.45, 2.75) is 25.4 Å². The highest BCUT2D eigenvalue weighted by Crippen LogP contribution is 2.26. The fourth-order valence-corrected chi connectivity index (χ4v) is 3.18. The maximum Gasteiger partial charge on any atom is 0.0465 e. The summed E-state index contributed by atoms with van der Waals surface area (Å²) in [5.74, 6) is 0. The van der Waals surface area contributed by atoms with Crippen LogP contribution in [0.3, 0.4) is 0 Å². The van der Waals surface area contributed by atoms with Crippen LogP contribution in [-0.4, -0.2) is 6.04 Å². The number of benzene rings is 2. The second-order valence-electron chi connectivity index (χ2n) is 4.95. The number of hydrogen-bond acceptors (Lipinski definition) is 1. The lowest BCUT2D eigenvalue weighted by molar-refractivity contribution is 0.533. The molecule has 0 radical (unpaired) electrons. The molecule has 0 bridgehead atoms. The van der Waals surface area contributed by atoms with Crippen LogP contribution < -0.4 is 5.32 Å². The Labute approximate surface area is 123 Å². The molecule has 2 aromatic rings. The van der Waals surface area contributed by atoms with E-state index in [9.17, 15) is 0 Å². The first-order valence-corrected chi connectivity index (χ1v) is 7.22. The van der Waals surface area contributed by atoms with Crippen molar-refractivity contribution >= 4 is 23.2 Å². The van der Waals surface area contributed by atoms with Gasteiger partial charge in [0, 0.05) is 28.2 Å². The minimum absolute atomic E-state index is 0.477. The van der Waals surface area contributed by atoms with Crippen LogP contribution in [0.1, 0.15) is 16.7 Å². The predicted molar refractivity (Wildman–Crippen MR) is 80.9 cm³/mol. The normalized spacial score (nSPS) is 14.6. The summed E-state index contributed by atoms with van der Waals surface area (Å²) in [6.07, 6.45) is 2.16. The molecule has 0 aromatic heterocycles. The molecule has 1 aliphatic rings. The van der Waals surface area contributed by atoms with Crippen molar-refractivity contribution < 1.29 is 0 Å². The van der Waals surface area contributed by atoms with Crippen molar-refractivity contribution in [1.29, 1.82) is 0 Å². The fraction of sp³-hybridized carbons (Fsp3) is 0.250. The number of rotatable bonds is 3. The third kappa shape index (κ3) is 2.79. The molecule has 1 N–H and O–H groups in total. The van der Waals surface area contributed by atoms with Gasteiger partial charge in [-0.3, -0.25) is 0 Å². The molecule has 1 nitrogen and oxygen atoms in total. The van der Waals surface area contributed by atoms with E-state index in [1.54, 1.807) is 0 Å². The third-order valence-electron chi connectivity index (χ3n) is 3.68. The molecule has 3 heteroatoms. The van der Waals surface area contributed by atoms with Crippen LogP contribution in [-0.2, 0) is 19.4 Å². The molecule has 0 saturated carbocycles. The van der Waals surface area contributed by atoms with Crippen LogP contribution in [0.25, 0.3) is 0 Å². The summed E-state index contributed by atoms with van der Waals surface area (Å²) in [5, 5.41) is 5.02. The summed E-state index contributed by atoms with van der Waals surface area (Å²) in [4.78, 5) is 0. The number of halogens is 2. The van der Waals surface area contributed by atoms with E-state index in [1.807, 2.05) is 18.2 Å². The van der Waals surface area contributed by atoms with Gasteiger partial charge < -0.3 is 5.32 Å². The van der Waals surface area contributed by atoms with Gasteiger partial charge in [-0.2, -0.15) is 0 Å². The Hall–Kier alpha value is -1.02. The Morgan fingerprint density at radius 2 is 1.47 bits per heavy atom. The first-order chi connectivity index (χ1) is 9.24. The SMILES string of the molecule is Clc1cccc(Cl)c1CNC1Cc2ccccc2C1. The largest absolute Gasteiger partial charge is 0.309 e. The zero-order chi connectivity index (χ0) is 13.2. The van der Waals surface area contributed by atoms with Gasteiger partial charge in [-0.1, -0.05) is 53.5 Å². The quantitative estimate of drug-likeness (QED) is 0.891. The van der Waals surface area contributed by atoms with Crippen LogP contribution in [0, 0.1) is 0 Å². The van der Waals surface area contributed by atoms with E-state index in [-0.39, 0.29) is 0 Å². The van der Waals surface area contributed by atoms with Gasteiger partial charge in [0.1, 0.15) is 0 Å². The van der Waals surface area contributed by atoms with Gasteiger partial charge in [-0.05, 0) is 36.1 Å². The van der Waals surface area contributed by atoms with E-state index in [1.165, 1.54) is 11.1 Å². The van der Waals surface area contributed by atoms with Crippen LogP contribution in [0.2, 0.25) is 10.0 Å². The molecular formula is C16H15Cl2N. The van der Waals surface area contributed by atoms with Crippen molar-refractivity contribution in [1.82, 2.24) is 5.32 Å². The summed E-state index contributed by atoms with van der Waals surface area (Å²) in [5.41, 5.74) is 3.89. The average Bonchev–Trinajstić information content (AvgIpc) is 2.81. The van der Waals surface area contributed by atoms with Gasteiger partial charge in [-0.15, -0.1) is 0 Å². The van der Waals surface area contributed by atoms with Crippen molar-refractivity contribution in [2.24, 2.45) is 0 Å². The van der Waals surface area contributed by atoms with Gasteiger partial charge in [-0.25, -0.2) is 0 Å². The molecule has 0 aliphatic heterocycles. The van der Waals surface area contributed by atoms with E-state index in [0.29, 0.717) is 6.04 Å². The maximum atomic E-state index is 6.18. The molecule has 0 fully saturated rings. The fourth-order valence-electron chi connectivity index (χ4n) is 2.65. The molecule has 19 heavy (non-hydrogen) atoms. The minimum Gasteiger partial charge on any atom is -0.309 e. The highest BCUT2D eigenvalue weighted by Gasteiger charge is 2.20. The molecular weight excluding hydrogens is 277 g/mol. The summed E-state index contributed by atoms with van der Waals surface area (Å²) in [6, 6.07) is 14.7. The third-order valence-corrected chi connectivity index (χ3v) is 4.39. The zero-order valence-electron chi connectivity index (χ0n) is 10.5. The Morgan fingerprint density at radius 1 is 0.895 bits per heavy atom. The van der Waals surface area contributed by atoms with Crippen molar-refractivity contribution in [2.75, 3.05) is 0 Å². The van der Waals surface area contributed by atoms with E-state index >= 15 is 0 Å². The lowest BCUT2D eigenvalue weighted by Crippen LogP contribution is -2.29. The highest BCUT2D eigenvalue weighted by atomic mass is 35.5. The Morgan fingerprint density at radius 3 is 2.05 bits per heavy atom. The van der Waals surface area contributed by atoms with Crippen LogP contribution in [0.5, 0.6) is 0 Å². The average molecular weight is 292 g/mol. The second-order valence-corrected chi connectivity index (χ2v) is 5.77. The van der Waals surface area contributed by atoms with Gasteiger partial charge in [0.25, 0.3) is 0 Å². The molecule has 98 valence electrons. The summed E-state index contributed by atoms with van der Waals surface area (Å²) in [6.45, 7) is 0.719. The summed E-state index contributed by atoms with van der Waals surface area (Å²) >= 11 is 12.4. The molecule has 0 amide bonds. The van der Waals surface area contributed by atoms with E-state index in [4.69, 9.17) is 23.2 Å². The number of fused-ring (bicyclic) bond motifs is 1. The highest BCUT2D eigenvalue weighted by molar-refractivity contribution is 6.35. The van der Waals surface area contributed by atoms with Crippen molar-refractivity contribution in [3.05, 3.63) is 69.2 Å². The van der Waals surface area contributed by atoms with Crippen molar-refractivity contribution in [3.8, 4) is 0 Å². The second kappa shape index (κ2) is 5.54. The van der Waals surface area contributed by atoms with E-state index < -0.39 is 0 Å². The minimum atomic E-state index is 0.477. The standard InChI is InChI=1S/C16H15Cl2N/c17-15-6-3-7-16(18)14(15)10-19-13-8-11-4-1-2-5-12(11)9-13/h1-7,13,19H,8-10H2. The molecule has 3 rings (SSSR count). The Kier molecular flexibility index (Phi) is 3.79. The van der Waals surface area contributed by atoms with E-state index in [0.717, 1.165) is 35.0 Å². The molecule has 0 heterocycles. The number of nitrogens with one attached hydrogen (secondary N) is 1. The van der Waals surface area contributed by atoms with Crippen LogP contribution in [0.15, 0.2) is 42.5 Å². The van der Waals surface area contributed by atoms with Gasteiger partial charge in [0.05, 0.1) is 0 Å². The first kappa shape index (κ1) is 13.0. The molecule has 1 aliphatic carbocycles. The van der Waals surface area contributed by atoms with Crippen molar-refractivity contribution in [3.63, 3.8) is 0 Å². The molecule has 0 unspecified atom stereocenters. The topological polar surface area (TPSA) is 12.0 Å². The zero-order valence-corrected chi connectivity index (χ0v) is 12.0. The van der Waals surface area contributed by atoms with Gasteiger partial charge >= 0.3 is 0 Å². The Balaban J connectivity index is 1.66. The van der Waals surface area contributed by atoms with E-state index in [2.05, 4.69) is 29.6 Å². The summed E-state index contributed by atoms with van der Waals surface area (Å²) < 4.78 is 0. The lowest BCUT2D eigenvalue weighted by Gasteiger charge is -2.13. The maximum absolute atomic E-state index is 6.18. The first-order valence-electron chi connectivity index (χ1n) is 6.47. The molecule has 2 aromatic carbocycles. The predicted octanol–water partition coefficient (Wildman–Crippen LogP) is 4.25. The lowest BCUT2D eigenvalue weighted by atomic mass is 10.1.